The third-order valence-corrected chi connectivity index (χ3v) is 8.67. The van der Waals surface area contributed by atoms with E-state index in [9.17, 15) is 9.00 Å². The van der Waals surface area contributed by atoms with Crippen molar-refractivity contribution in [1.82, 2.24) is 24.8 Å². The van der Waals surface area contributed by atoms with E-state index in [2.05, 4.69) is 36.9 Å². The first-order valence-electron chi connectivity index (χ1n) is 13.5. The van der Waals surface area contributed by atoms with Crippen molar-refractivity contribution in [3.05, 3.63) is 29.6 Å². The maximum atomic E-state index is 13.2. The zero-order valence-corrected chi connectivity index (χ0v) is 23.6. The van der Waals surface area contributed by atoms with Gasteiger partial charge in [0.05, 0.1) is 4.90 Å². The summed E-state index contributed by atoms with van der Waals surface area (Å²) in [5.74, 6) is 1.32. The average molecular weight is 514 g/mol. The Morgan fingerprint density at radius 3 is 2.31 bits per heavy atom. The van der Waals surface area contributed by atoms with Gasteiger partial charge in [-0.25, -0.2) is 18.6 Å². The molecule has 1 unspecified atom stereocenters. The molecule has 0 saturated heterocycles. The molecule has 2 fully saturated rings. The van der Waals surface area contributed by atoms with Gasteiger partial charge in [0.15, 0.2) is 5.82 Å². The molecule has 1 heterocycles. The van der Waals surface area contributed by atoms with Crippen LogP contribution in [0.15, 0.2) is 23.1 Å². The van der Waals surface area contributed by atoms with E-state index in [4.69, 9.17) is 10.1 Å². The molecule has 1 aromatic heterocycles. The second-order valence-corrected chi connectivity index (χ2v) is 13.8. The summed E-state index contributed by atoms with van der Waals surface area (Å²) in [6, 6.07) is 6.25. The van der Waals surface area contributed by atoms with Crippen molar-refractivity contribution in [2.75, 3.05) is 0 Å². The number of carbonyl (C=O) groups is 1. The summed E-state index contributed by atoms with van der Waals surface area (Å²) in [5, 5.41) is 7.80. The second-order valence-electron chi connectivity index (χ2n) is 12.6. The van der Waals surface area contributed by atoms with Gasteiger partial charge in [-0.15, -0.1) is 5.10 Å². The first kappa shape index (κ1) is 27.0. The van der Waals surface area contributed by atoms with E-state index in [0.29, 0.717) is 11.7 Å². The number of nitrogens with zero attached hydrogens (tertiary/aromatic N) is 3. The fourth-order valence-electron chi connectivity index (χ4n) is 4.95. The predicted octanol–water partition coefficient (Wildman–Crippen LogP) is 5.52. The van der Waals surface area contributed by atoms with E-state index in [1.54, 1.807) is 0 Å². The molecular weight excluding hydrogens is 470 g/mol. The Labute approximate surface area is 218 Å². The van der Waals surface area contributed by atoms with Gasteiger partial charge in [0.1, 0.15) is 11.0 Å². The molecule has 0 radical (unpaired) electrons. The molecule has 0 aliphatic heterocycles. The Morgan fingerprint density at radius 2 is 1.72 bits per heavy atom. The third-order valence-electron chi connectivity index (χ3n) is 7.12. The Hall–Kier alpha value is -2.06. The molecule has 198 valence electrons. The van der Waals surface area contributed by atoms with E-state index < -0.39 is 11.0 Å². The highest BCUT2D eigenvalue weighted by Gasteiger charge is 2.28. The van der Waals surface area contributed by atoms with Gasteiger partial charge >= 0.3 is 0 Å². The Morgan fingerprint density at radius 1 is 1.03 bits per heavy atom. The number of carbonyl (C=O) groups excluding carboxylic acids is 1. The fraction of sp³-hybridized carbons (Fsp3) is 0.679. The van der Waals surface area contributed by atoms with E-state index in [1.165, 1.54) is 32.1 Å². The predicted molar refractivity (Wildman–Crippen MR) is 145 cm³/mol. The van der Waals surface area contributed by atoms with E-state index in [1.807, 2.05) is 37.6 Å². The van der Waals surface area contributed by atoms with Crippen LogP contribution in [0.3, 0.4) is 0 Å². The lowest BCUT2D eigenvalue weighted by molar-refractivity contribution is 0.0905. The molecule has 0 bridgehead atoms. The van der Waals surface area contributed by atoms with Crippen molar-refractivity contribution in [2.24, 2.45) is 5.92 Å². The molecule has 2 aliphatic rings. The summed E-state index contributed by atoms with van der Waals surface area (Å²) in [4.78, 5) is 18.5. The molecule has 1 atom stereocenters. The lowest BCUT2D eigenvalue weighted by Gasteiger charge is -2.26. The number of rotatable bonds is 7. The molecule has 0 spiro atoms. The summed E-state index contributed by atoms with van der Waals surface area (Å²) >= 11 is 0. The van der Waals surface area contributed by atoms with Crippen LogP contribution in [0.1, 0.15) is 109 Å². The molecule has 2 N–H and O–H groups in total. The topological polar surface area (TPSA) is 88.9 Å². The van der Waals surface area contributed by atoms with Crippen LogP contribution in [0, 0.1) is 5.92 Å². The van der Waals surface area contributed by atoms with E-state index >= 15 is 0 Å². The average Bonchev–Trinajstić information content (AvgIpc) is 3.18. The van der Waals surface area contributed by atoms with Gasteiger partial charge in [0, 0.05) is 23.7 Å². The van der Waals surface area contributed by atoms with Crippen LogP contribution >= 0.6 is 0 Å². The summed E-state index contributed by atoms with van der Waals surface area (Å²) in [6.45, 7) is 13.2. The van der Waals surface area contributed by atoms with Crippen LogP contribution in [-0.4, -0.2) is 36.5 Å². The van der Waals surface area contributed by atoms with Crippen LogP contribution in [-0.2, 0) is 22.9 Å². The summed E-state index contributed by atoms with van der Waals surface area (Å²) < 4.78 is 18.4. The van der Waals surface area contributed by atoms with Crippen LogP contribution in [0.25, 0.3) is 11.4 Å². The largest absolute Gasteiger partial charge is 0.347 e. The van der Waals surface area contributed by atoms with Gasteiger partial charge in [-0.2, -0.15) is 0 Å². The molecule has 2 saturated carbocycles. The number of hydrogen-bond acceptors (Lipinski definition) is 4. The quantitative estimate of drug-likeness (QED) is 0.510. The van der Waals surface area contributed by atoms with Crippen LogP contribution in [0.4, 0.5) is 0 Å². The monoisotopic (exact) mass is 513 g/mol. The van der Waals surface area contributed by atoms with Gasteiger partial charge < -0.3 is 5.32 Å². The lowest BCUT2D eigenvalue weighted by atomic mass is 9.86. The fourth-order valence-corrected chi connectivity index (χ4v) is 6.37. The molecule has 8 heteroatoms. The maximum Gasteiger partial charge on any atom is 0.291 e. The minimum atomic E-state index is -1.35. The van der Waals surface area contributed by atoms with Crippen molar-refractivity contribution in [2.45, 2.75) is 121 Å². The number of hydrogen-bond donors (Lipinski definition) is 2. The molecular formula is C28H43N5O2S. The minimum Gasteiger partial charge on any atom is -0.347 e. The highest BCUT2D eigenvalue weighted by molar-refractivity contribution is 7.83. The Kier molecular flexibility index (Phi) is 8.05. The molecule has 7 nitrogen and oxygen atoms in total. The van der Waals surface area contributed by atoms with Gasteiger partial charge in [-0.1, -0.05) is 40.0 Å². The Balaban J connectivity index is 1.71. The van der Waals surface area contributed by atoms with Crippen LogP contribution < -0.4 is 10.0 Å². The molecule has 1 amide bonds. The van der Waals surface area contributed by atoms with E-state index in [-0.39, 0.29) is 28.7 Å². The first-order chi connectivity index (χ1) is 16.9. The zero-order valence-electron chi connectivity index (χ0n) is 22.8. The molecule has 36 heavy (non-hydrogen) atoms. The normalized spacial score (nSPS) is 18.6. The number of benzene rings is 1. The van der Waals surface area contributed by atoms with Crippen molar-refractivity contribution in [3.63, 3.8) is 0 Å². The van der Waals surface area contributed by atoms with Crippen LogP contribution in [0.2, 0.25) is 0 Å². The first-order valence-corrected chi connectivity index (χ1v) is 14.7. The zero-order chi connectivity index (χ0) is 26.1. The van der Waals surface area contributed by atoms with Gasteiger partial charge in [0.2, 0.25) is 5.82 Å². The van der Waals surface area contributed by atoms with Gasteiger partial charge in [0.25, 0.3) is 5.91 Å². The highest BCUT2D eigenvalue weighted by atomic mass is 32.2. The summed E-state index contributed by atoms with van der Waals surface area (Å²) in [7, 11) is -1.35. The van der Waals surface area contributed by atoms with Crippen molar-refractivity contribution < 1.29 is 9.00 Å². The number of aromatic nitrogens is 3. The van der Waals surface area contributed by atoms with Crippen molar-refractivity contribution in [1.29, 1.82) is 0 Å². The molecule has 2 aliphatic carbocycles. The maximum absolute atomic E-state index is 13.2. The number of amides is 1. The van der Waals surface area contributed by atoms with Crippen molar-refractivity contribution >= 4 is 16.9 Å². The van der Waals surface area contributed by atoms with Gasteiger partial charge in [-0.3, -0.25) is 4.79 Å². The molecule has 2 aromatic rings. The minimum absolute atomic E-state index is 0.188. The molecule has 1 aromatic carbocycles. The summed E-state index contributed by atoms with van der Waals surface area (Å²) in [5.41, 5.74) is 1.41. The van der Waals surface area contributed by atoms with Gasteiger partial charge in [-0.05, 0) is 88.0 Å². The van der Waals surface area contributed by atoms with E-state index in [0.717, 1.165) is 41.8 Å². The lowest BCUT2D eigenvalue weighted by Crippen LogP contribution is -2.40. The molecule has 4 rings (SSSR count). The summed E-state index contributed by atoms with van der Waals surface area (Å²) in [6.07, 6.45) is 9.38. The highest BCUT2D eigenvalue weighted by Crippen LogP contribution is 2.33. The second kappa shape index (κ2) is 10.7. The van der Waals surface area contributed by atoms with Crippen LogP contribution in [0.5, 0.6) is 0 Å². The SMILES string of the molecule is CC(C)(C)NS(=O)c1ccc(-c2nc(C(=O)NC3CCC3)nn2CC2CCCCC2)cc1C(C)(C)C. The standard InChI is InChI=1S/C28H43N5O2S/c1-27(2,3)22-17-20(15-16-23(22)36(35)32-28(4,5)6)25-30-24(26(34)29-21-13-10-14-21)31-33(25)18-19-11-8-7-9-12-19/h15-17,19,21,32H,7-14,18H2,1-6H3,(H,29,34). The van der Waals surface area contributed by atoms with Crippen molar-refractivity contribution in [3.8, 4) is 11.4 Å². The third kappa shape index (κ3) is 6.62. The Bertz CT molecular complexity index is 1100. The number of nitrogens with one attached hydrogen (secondary N) is 2. The smallest absolute Gasteiger partial charge is 0.291 e.